The average Bonchev–Trinajstić information content (AvgIpc) is 2.94. The molecular weight excluding hydrogens is 276 g/mol. The molecule has 4 rings (SSSR count). The highest BCUT2D eigenvalue weighted by Gasteiger charge is 2.16. The molecule has 0 aliphatic heterocycles. The quantitative estimate of drug-likeness (QED) is 0.609. The normalized spacial score (nSPS) is 11.1. The fourth-order valence-corrected chi connectivity index (χ4v) is 2.82. The Bertz CT molecular complexity index is 1010. The van der Waals surface area contributed by atoms with Crippen LogP contribution < -0.4 is 0 Å². The van der Waals surface area contributed by atoms with Crippen LogP contribution in [0.1, 0.15) is 10.4 Å². The molecule has 0 amide bonds. The van der Waals surface area contributed by atoms with Crippen LogP contribution in [0.25, 0.3) is 27.5 Å². The number of carboxylic acids is 1. The molecule has 0 aliphatic carbocycles. The third-order valence-electron chi connectivity index (χ3n) is 3.82. The lowest BCUT2D eigenvalue weighted by atomic mass is 10.1. The first-order valence-corrected chi connectivity index (χ1v) is 6.93. The molecule has 1 N–H and O–H groups in total. The Morgan fingerprint density at radius 3 is 2.50 bits per heavy atom. The van der Waals surface area contributed by atoms with E-state index in [9.17, 15) is 9.90 Å². The largest absolute Gasteiger partial charge is 0.478 e. The second kappa shape index (κ2) is 4.70. The number of nitrogens with zero attached hydrogens (tertiary/aromatic N) is 2. The summed E-state index contributed by atoms with van der Waals surface area (Å²) in [4.78, 5) is 16.0. The van der Waals surface area contributed by atoms with Crippen LogP contribution in [0.15, 0.2) is 67.0 Å². The van der Waals surface area contributed by atoms with Crippen LogP contribution in [0.5, 0.6) is 0 Å². The number of aromatic carboxylic acids is 1. The topological polar surface area (TPSA) is 55.1 Å². The number of carbonyl (C=O) groups is 1. The number of para-hydroxylation sites is 1. The molecule has 2 aromatic carbocycles. The van der Waals surface area contributed by atoms with E-state index in [2.05, 4.69) is 4.98 Å². The van der Waals surface area contributed by atoms with Crippen molar-refractivity contribution in [2.45, 2.75) is 0 Å². The van der Waals surface area contributed by atoms with Crippen LogP contribution >= 0.6 is 0 Å². The number of fused-ring (bicyclic) bond motifs is 2. The monoisotopic (exact) mass is 288 g/mol. The van der Waals surface area contributed by atoms with Gasteiger partial charge in [-0.2, -0.15) is 0 Å². The molecule has 0 spiro atoms. The molecule has 4 nitrogen and oxygen atoms in total. The van der Waals surface area contributed by atoms with E-state index < -0.39 is 5.97 Å². The lowest BCUT2D eigenvalue weighted by Gasteiger charge is -2.08. The molecule has 2 heterocycles. The van der Waals surface area contributed by atoms with Crippen LogP contribution in [0.4, 0.5) is 0 Å². The van der Waals surface area contributed by atoms with Crippen LogP contribution in [-0.4, -0.2) is 20.6 Å². The molecule has 0 fully saturated rings. The smallest absolute Gasteiger partial charge is 0.337 e. The molecule has 0 saturated heterocycles. The summed E-state index contributed by atoms with van der Waals surface area (Å²) in [5.74, 6) is -0.197. The van der Waals surface area contributed by atoms with Gasteiger partial charge in [0.25, 0.3) is 0 Å². The van der Waals surface area contributed by atoms with E-state index in [-0.39, 0.29) is 5.56 Å². The van der Waals surface area contributed by atoms with Crippen molar-refractivity contribution in [2.24, 2.45) is 0 Å². The van der Waals surface area contributed by atoms with E-state index in [1.54, 1.807) is 12.4 Å². The SMILES string of the molecule is O=C(O)c1cn(-c2nccc3ccccc23)c2ccccc12. The standard InChI is InChI=1S/C18H12N2O2/c21-18(22)15-11-20(16-8-4-3-7-14(15)16)17-13-6-2-1-5-12(13)9-10-19-17/h1-11H,(H,21,22). The maximum atomic E-state index is 11.5. The van der Waals surface area contributed by atoms with Gasteiger partial charge in [0.05, 0.1) is 11.1 Å². The Kier molecular flexibility index (Phi) is 2.69. The number of rotatable bonds is 2. The van der Waals surface area contributed by atoms with Gasteiger partial charge in [-0.15, -0.1) is 0 Å². The van der Waals surface area contributed by atoms with Crippen molar-refractivity contribution in [1.29, 1.82) is 0 Å². The predicted molar refractivity (Wildman–Crippen MR) is 85.5 cm³/mol. The fraction of sp³-hybridized carbons (Fsp3) is 0. The Labute approximate surface area is 126 Å². The summed E-state index contributed by atoms with van der Waals surface area (Å²) in [6.45, 7) is 0. The van der Waals surface area contributed by atoms with Gasteiger partial charge in [-0.1, -0.05) is 42.5 Å². The number of hydrogen-bond donors (Lipinski definition) is 1. The molecule has 0 atom stereocenters. The number of carboxylic acid groups (broad SMARTS) is 1. The van der Waals surface area contributed by atoms with E-state index in [1.807, 2.05) is 59.2 Å². The number of benzene rings is 2. The Balaban J connectivity index is 2.11. The number of pyridine rings is 1. The second-order valence-corrected chi connectivity index (χ2v) is 5.09. The lowest BCUT2D eigenvalue weighted by Crippen LogP contribution is -1.98. The molecule has 4 aromatic rings. The predicted octanol–water partition coefficient (Wildman–Crippen LogP) is 3.88. The maximum absolute atomic E-state index is 11.5. The van der Waals surface area contributed by atoms with Gasteiger partial charge in [0, 0.05) is 23.2 Å². The van der Waals surface area contributed by atoms with Crippen LogP contribution in [0.3, 0.4) is 0 Å². The highest BCUT2D eigenvalue weighted by Crippen LogP contribution is 2.27. The van der Waals surface area contributed by atoms with E-state index in [0.717, 1.165) is 22.1 Å². The summed E-state index contributed by atoms with van der Waals surface area (Å²) >= 11 is 0. The van der Waals surface area contributed by atoms with Crippen LogP contribution in [0, 0.1) is 0 Å². The highest BCUT2D eigenvalue weighted by atomic mass is 16.4. The number of aromatic nitrogens is 2. The van der Waals surface area contributed by atoms with Crippen molar-refractivity contribution in [2.75, 3.05) is 0 Å². The maximum Gasteiger partial charge on any atom is 0.337 e. The van der Waals surface area contributed by atoms with Crippen molar-refractivity contribution in [3.63, 3.8) is 0 Å². The zero-order chi connectivity index (χ0) is 15.1. The fourth-order valence-electron chi connectivity index (χ4n) is 2.82. The van der Waals surface area contributed by atoms with Gasteiger partial charge in [-0.05, 0) is 17.5 Å². The molecule has 22 heavy (non-hydrogen) atoms. The molecule has 0 unspecified atom stereocenters. The Morgan fingerprint density at radius 2 is 1.68 bits per heavy atom. The van der Waals surface area contributed by atoms with Crippen molar-refractivity contribution in [3.05, 3.63) is 72.6 Å². The summed E-state index contributed by atoms with van der Waals surface area (Å²) < 4.78 is 1.85. The van der Waals surface area contributed by atoms with E-state index >= 15 is 0 Å². The Morgan fingerprint density at radius 1 is 0.955 bits per heavy atom. The summed E-state index contributed by atoms with van der Waals surface area (Å²) in [7, 11) is 0. The molecule has 0 radical (unpaired) electrons. The zero-order valence-electron chi connectivity index (χ0n) is 11.6. The average molecular weight is 288 g/mol. The molecule has 106 valence electrons. The first kappa shape index (κ1) is 12.6. The van der Waals surface area contributed by atoms with Gasteiger partial charge >= 0.3 is 5.97 Å². The van der Waals surface area contributed by atoms with Crippen molar-refractivity contribution >= 4 is 27.6 Å². The van der Waals surface area contributed by atoms with E-state index in [1.165, 1.54) is 0 Å². The number of hydrogen-bond acceptors (Lipinski definition) is 2. The van der Waals surface area contributed by atoms with Crippen LogP contribution in [0.2, 0.25) is 0 Å². The van der Waals surface area contributed by atoms with Crippen LogP contribution in [-0.2, 0) is 0 Å². The highest BCUT2D eigenvalue weighted by molar-refractivity contribution is 6.04. The minimum atomic E-state index is -0.935. The van der Waals surface area contributed by atoms with Crippen molar-refractivity contribution in [3.8, 4) is 5.82 Å². The van der Waals surface area contributed by atoms with Crippen molar-refractivity contribution in [1.82, 2.24) is 9.55 Å². The van der Waals surface area contributed by atoms with Gasteiger partial charge in [-0.25, -0.2) is 9.78 Å². The molecule has 0 bridgehead atoms. The second-order valence-electron chi connectivity index (χ2n) is 5.09. The minimum Gasteiger partial charge on any atom is -0.478 e. The molecular formula is C18H12N2O2. The summed E-state index contributed by atoms with van der Waals surface area (Å²) in [5, 5.41) is 12.2. The molecule has 0 aliphatic rings. The first-order valence-electron chi connectivity index (χ1n) is 6.93. The van der Waals surface area contributed by atoms with Gasteiger partial charge in [0.2, 0.25) is 0 Å². The molecule has 2 aromatic heterocycles. The Hall–Kier alpha value is -3.14. The zero-order valence-corrected chi connectivity index (χ0v) is 11.6. The van der Waals surface area contributed by atoms with Gasteiger partial charge in [0.1, 0.15) is 5.82 Å². The molecule has 0 saturated carbocycles. The lowest BCUT2D eigenvalue weighted by molar-refractivity contribution is 0.0699. The van der Waals surface area contributed by atoms with Gasteiger partial charge < -0.3 is 5.11 Å². The first-order chi connectivity index (χ1) is 10.8. The third kappa shape index (κ3) is 1.78. The van der Waals surface area contributed by atoms with E-state index in [0.29, 0.717) is 5.39 Å². The van der Waals surface area contributed by atoms with Gasteiger partial charge in [-0.3, -0.25) is 4.57 Å². The summed E-state index contributed by atoms with van der Waals surface area (Å²) in [5.41, 5.74) is 1.12. The third-order valence-corrected chi connectivity index (χ3v) is 3.82. The summed E-state index contributed by atoms with van der Waals surface area (Å²) in [6, 6.07) is 17.4. The van der Waals surface area contributed by atoms with E-state index in [4.69, 9.17) is 0 Å². The molecule has 4 heteroatoms. The minimum absolute atomic E-state index is 0.283. The summed E-state index contributed by atoms with van der Waals surface area (Å²) in [6.07, 6.45) is 3.38. The van der Waals surface area contributed by atoms with Gasteiger partial charge in [0.15, 0.2) is 0 Å². The van der Waals surface area contributed by atoms with Crippen molar-refractivity contribution < 1.29 is 9.90 Å².